The Morgan fingerprint density at radius 3 is 2.02 bits per heavy atom. The number of aromatic amines is 1. The average molecular weight is 842 g/mol. The molecule has 7 amide bonds. The van der Waals surface area contributed by atoms with Gasteiger partial charge in [-0.2, -0.15) is 0 Å². The number of hydrogen-bond acceptors (Lipinski definition) is 11. The van der Waals surface area contributed by atoms with Crippen molar-refractivity contribution >= 4 is 58.2 Å². The molecule has 2 aromatic rings. The Labute approximate surface area is 347 Å². The van der Waals surface area contributed by atoms with Crippen LogP contribution in [0.15, 0.2) is 30.5 Å². The van der Waals surface area contributed by atoms with E-state index in [0.717, 1.165) is 10.9 Å². The van der Waals surface area contributed by atoms with E-state index in [1.54, 1.807) is 26.1 Å². The van der Waals surface area contributed by atoms with Gasteiger partial charge in [-0.3, -0.25) is 33.6 Å². The Bertz CT molecular complexity index is 1900. The zero-order valence-corrected chi connectivity index (χ0v) is 34.4. The van der Waals surface area contributed by atoms with E-state index in [9.17, 15) is 53.7 Å². The van der Waals surface area contributed by atoms with Crippen LogP contribution >= 0.6 is 0 Å². The number of para-hydroxylation sites is 1. The van der Waals surface area contributed by atoms with Crippen LogP contribution in [-0.4, -0.2) is 145 Å². The van der Waals surface area contributed by atoms with Gasteiger partial charge in [-0.15, -0.1) is 0 Å². The van der Waals surface area contributed by atoms with Crippen LogP contribution in [0.4, 0.5) is 0 Å². The quantitative estimate of drug-likeness (QED) is 0.0701. The first kappa shape index (κ1) is 47.1. The highest BCUT2D eigenvalue weighted by molar-refractivity contribution is 5.98. The highest BCUT2D eigenvalue weighted by atomic mass is 16.4. The number of nitrogens with zero attached hydrogens (tertiary/aromatic N) is 2. The number of hydrogen-bond donors (Lipinski definition) is 10. The molecule has 2 saturated heterocycles. The number of aliphatic hydroxyl groups is 2. The lowest BCUT2D eigenvalue weighted by Gasteiger charge is -2.33. The molecule has 0 saturated carbocycles. The summed E-state index contributed by atoms with van der Waals surface area (Å²) in [5.41, 5.74) is 12.5. The Morgan fingerprint density at radius 2 is 1.42 bits per heavy atom. The van der Waals surface area contributed by atoms with Gasteiger partial charge in [0.1, 0.15) is 42.3 Å². The van der Waals surface area contributed by atoms with Crippen molar-refractivity contribution in [3.05, 3.63) is 36.0 Å². The number of rotatable bonds is 20. The molecule has 0 radical (unpaired) electrons. The zero-order valence-electron chi connectivity index (χ0n) is 34.4. The first-order valence-corrected chi connectivity index (χ1v) is 20.4. The molecule has 20 heteroatoms. The van der Waals surface area contributed by atoms with E-state index in [-0.39, 0.29) is 45.2 Å². The Balaban J connectivity index is 1.58. The summed E-state index contributed by atoms with van der Waals surface area (Å²) in [5.74, 6) is -7.03. The monoisotopic (exact) mass is 841 g/mol. The van der Waals surface area contributed by atoms with E-state index < -0.39 is 108 Å². The van der Waals surface area contributed by atoms with Crippen molar-refractivity contribution in [3.8, 4) is 0 Å². The second kappa shape index (κ2) is 21.1. The van der Waals surface area contributed by atoms with Crippen LogP contribution < -0.4 is 32.7 Å². The van der Waals surface area contributed by atoms with Crippen LogP contribution in [0.5, 0.6) is 0 Å². The summed E-state index contributed by atoms with van der Waals surface area (Å²) in [7, 11) is 0. The van der Waals surface area contributed by atoms with Crippen molar-refractivity contribution in [2.45, 2.75) is 134 Å². The number of carboxylic acid groups (broad SMARTS) is 1. The third-order valence-corrected chi connectivity index (χ3v) is 11.3. The number of aliphatic carboxylic acids is 1. The van der Waals surface area contributed by atoms with Crippen molar-refractivity contribution < 1.29 is 53.7 Å². The first-order valence-electron chi connectivity index (χ1n) is 20.4. The molecule has 2 aliphatic rings. The standard InChI is InChI=1S/C40H59N9O11/c1-5-20(2)32(39(58)49-17-9-13-29(49)40(59)60)46-37(56)33(22(4)51)47-35(54)28-12-8-16-48(28)38(57)27(18-23-19-43-25-11-7-6-10-24(23)25)45-34(53)26(14-15-30(41)52)44-36(55)31(42)21(3)50/h6-7,10-11,19-22,26-29,31-33,43,50-51H,5,8-9,12-18,42H2,1-4H3,(H2,41,52)(H,44,55)(H,45,53)(H,46,56)(H,47,54)(H,59,60)/t20-,21+,22+,26-,27-,28-,29-,31-,32-,33-/m0/s1. The number of benzene rings is 1. The minimum Gasteiger partial charge on any atom is -0.480 e. The molecule has 0 spiro atoms. The van der Waals surface area contributed by atoms with Crippen LogP contribution in [0.3, 0.4) is 0 Å². The average Bonchev–Trinajstić information content (AvgIpc) is 3.99. The lowest BCUT2D eigenvalue weighted by molar-refractivity contribution is -0.150. The summed E-state index contributed by atoms with van der Waals surface area (Å²) < 4.78 is 0. The van der Waals surface area contributed by atoms with E-state index in [4.69, 9.17) is 11.5 Å². The second-order valence-corrected chi connectivity index (χ2v) is 15.8. The molecule has 3 heterocycles. The van der Waals surface area contributed by atoms with Gasteiger partial charge in [-0.1, -0.05) is 38.5 Å². The molecule has 2 aliphatic heterocycles. The summed E-state index contributed by atoms with van der Waals surface area (Å²) in [5, 5.41) is 41.3. The molecule has 20 nitrogen and oxygen atoms in total. The minimum atomic E-state index is -1.58. The van der Waals surface area contributed by atoms with Crippen molar-refractivity contribution in [2.75, 3.05) is 13.1 Å². The van der Waals surface area contributed by atoms with Crippen molar-refractivity contribution in [1.82, 2.24) is 36.1 Å². The highest BCUT2D eigenvalue weighted by Crippen LogP contribution is 2.25. The maximum atomic E-state index is 14.5. The number of aromatic nitrogens is 1. The lowest BCUT2D eigenvalue weighted by atomic mass is 9.96. The molecule has 2 fully saturated rings. The van der Waals surface area contributed by atoms with E-state index in [0.29, 0.717) is 24.8 Å². The maximum Gasteiger partial charge on any atom is 0.326 e. The fraction of sp³-hybridized carbons (Fsp3) is 0.600. The molecule has 0 unspecified atom stereocenters. The fourth-order valence-corrected chi connectivity index (χ4v) is 7.59. The molecule has 4 rings (SSSR count). The number of nitrogens with one attached hydrogen (secondary N) is 5. The predicted molar refractivity (Wildman–Crippen MR) is 216 cm³/mol. The predicted octanol–water partition coefficient (Wildman–Crippen LogP) is -1.88. The van der Waals surface area contributed by atoms with Crippen molar-refractivity contribution in [3.63, 3.8) is 0 Å². The fourth-order valence-electron chi connectivity index (χ4n) is 7.59. The van der Waals surface area contributed by atoms with Gasteiger partial charge in [0.25, 0.3) is 0 Å². The number of primary amides is 1. The smallest absolute Gasteiger partial charge is 0.326 e. The number of aliphatic hydroxyl groups excluding tert-OH is 2. The van der Waals surface area contributed by atoms with Crippen LogP contribution in [0, 0.1) is 5.92 Å². The second-order valence-electron chi connectivity index (χ2n) is 15.8. The van der Waals surface area contributed by atoms with Crippen molar-refractivity contribution in [2.24, 2.45) is 17.4 Å². The first-order chi connectivity index (χ1) is 28.4. The van der Waals surface area contributed by atoms with Gasteiger partial charge >= 0.3 is 5.97 Å². The van der Waals surface area contributed by atoms with Gasteiger partial charge in [0, 0.05) is 43.0 Å². The molecule has 1 aromatic carbocycles. The van der Waals surface area contributed by atoms with Gasteiger partial charge in [0.15, 0.2) is 0 Å². The topological polar surface area (TPSA) is 320 Å². The SMILES string of the molecule is CC[C@H](C)[C@H](NC(=O)[C@@H](NC(=O)[C@@H]1CCCN1C(=O)[C@H](Cc1c[nH]c2ccccc12)NC(=O)[C@H](CCC(N)=O)NC(=O)[C@@H](N)[C@@H](C)O)[C@@H](C)O)C(=O)N1CCC[C@H]1C(=O)O. The Kier molecular flexibility index (Phi) is 16.5. The molecule has 12 N–H and O–H groups in total. The number of amides is 7. The summed E-state index contributed by atoms with van der Waals surface area (Å²) in [6.07, 6.45) is -0.00490. The molecule has 0 aliphatic carbocycles. The van der Waals surface area contributed by atoms with E-state index in [2.05, 4.69) is 26.3 Å². The van der Waals surface area contributed by atoms with Crippen LogP contribution in [-0.2, 0) is 44.8 Å². The minimum absolute atomic E-state index is 0.0768. The van der Waals surface area contributed by atoms with Gasteiger partial charge < -0.3 is 62.8 Å². The number of fused-ring (bicyclic) bond motifs is 1. The summed E-state index contributed by atoms with van der Waals surface area (Å²) in [6, 6.07) is -1.82. The number of nitrogens with two attached hydrogens (primary N) is 2. The Hall–Kier alpha value is -5.60. The summed E-state index contributed by atoms with van der Waals surface area (Å²) >= 11 is 0. The Morgan fingerprint density at radius 1 is 0.800 bits per heavy atom. The number of H-pyrrole nitrogens is 1. The number of carbonyl (C=O) groups is 8. The molecular weight excluding hydrogens is 782 g/mol. The van der Waals surface area contributed by atoms with Crippen LogP contribution in [0.2, 0.25) is 0 Å². The van der Waals surface area contributed by atoms with Crippen LogP contribution in [0.25, 0.3) is 10.9 Å². The third-order valence-electron chi connectivity index (χ3n) is 11.3. The molecule has 1 aromatic heterocycles. The zero-order chi connectivity index (χ0) is 44.4. The van der Waals surface area contributed by atoms with Crippen molar-refractivity contribution in [1.29, 1.82) is 0 Å². The largest absolute Gasteiger partial charge is 0.480 e. The highest BCUT2D eigenvalue weighted by Gasteiger charge is 2.43. The van der Waals surface area contributed by atoms with Crippen LogP contribution in [0.1, 0.15) is 78.2 Å². The molecular formula is C40H59N9O11. The number of carboxylic acids is 1. The maximum absolute atomic E-state index is 14.5. The molecule has 0 bridgehead atoms. The van der Waals surface area contributed by atoms with E-state index in [1.807, 2.05) is 18.2 Å². The molecule has 10 atom stereocenters. The van der Waals surface area contributed by atoms with Gasteiger partial charge in [0.2, 0.25) is 41.4 Å². The van der Waals surface area contributed by atoms with Gasteiger partial charge in [-0.25, -0.2) is 4.79 Å². The van der Waals surface area contributed by atoms with E-state index >= 15 is 0 Å². The number of likely N-dealkylation sites (tertiary alicyclic amines) is 2. The third kappa shape index (κ3) is 11.6. The van der Waals surface area contributed by atoms with Gasteiger partial charge in [0.05, 0.1) is 12.2 Å². The normalized spacial score (nSPS) is 20.5. The summed E-state index contributed by atoms with van der Waals surface area (Å²) in [4.78, 5) is 112. The van der Waals surface area contributed by atoms with Gasteiger partial charge in [-0.05, 0) is 63.5 Å². The number of carbonyl (C=O) groups excluding carboxylic acids is 7. The lowest BCUT2D eigenvalue weighted by Crippen LogP contribution is -2.62. The molecule has 60 heavy (non-hydrogen) atoms. The molecule has 330 valence electrons. The summed E-state index contributed by atoms with van der Waals surface area (Å²) in [6.45, 7) is 6.36. The van der Waals surface area contributed by atoms with E-state index in [1.165, 1.54) is 23.6 Å².